The van der Waals surface area contributed by atoms with E-state index in [1.165, 1.54) is 12.1 Å². The molecule has 2 aromatic rings. The zero-order valence-electron chi connectivity index (χ0n) is 16.0. The molecule has 28 heavy (non-hydrogen) atoms. The van der Waals surface area contributed by atoms with Crippen LogP contribution in [0.1, 0.15) is 17.2 Å². The average molecular weight is 391 g/mol. The number of hydrogen-bond acceptors (Lipinski definition) is 3. The lowest BCUT2D eigenvalue weighted by Crippen LogP contribution is -2.51. The largest absolute Gasteiger partial charge is 0.416 e. The third kappa shape index (κ3) is 4.47. The van der Waals surface area contributed by atoms with Gasteiger partial charge in [0.25, 0.3) is 0 Å². The monoisotopic (exact) mass is 391 g/mol. The van der Waals surface area contributed by atoms with Gasteiger partial charge >= 0.3 is 6.18 Å². The van der Waals surface area contributed by atoms with Crippen molar-refractivity contribution in [2.24, 2.45) is 0 Å². The zero-order valence-corrected chi connectivity index (χ0v) is 16.0. The van der Waals surface area contributed by atoms with Crippen LogP contribution in [0.5, 0.6) is 0 Å². The second-order valence-corrected chi connectivity index (χ2v) is 7.12. The number of carbonyl (C=O) groups excluding carboxylic acids is 1. The Bertz CT molecular complexity index is 800. The number of rotatable bonds is 4. The lowest BCUT2D eigenvalue weighted by atomic mass is 10.0. The molecule has 1 heterocycles. The van der Waals surface area contributed by atoms with Gasteiger partial charge in [0.1, 0.15) is 6.04 Å². The molecule has 0 bridgehead atoms. The van der Waals surface area contributed by atoms with Crippen LogP contribution < -0.4 is 4.90 Å². The number of hydrogen-bond donors (Lipinski definition) is 0. The van der Waals surface area contributed by atoms with E-state index in [9.17, 15) is 18.0 Å². The molecule has 1 saturated heterocycles. The van der Waals surface area contributed by atoms with Crippen molar-refractivity contribution in [1.82, 2.24) is 9.80 Å². The molecule has 3 rings (SSSR count). The van der Waals surface area contributed by atoms with Crippen LogP contribution >= 0.6 is 0 Å². The summed E-state index contributed by atoms with van der Waals surface area (Å²) in [6.45, 7) is 2.31. The highest BCUT2D eigenvalue weighted by Gasteiger charge is 2.33. The molecule has 0 spiro atoms. The fraction of sp³-hybridized carbons (Fsp3) is 0.381. The molecule has 1 atom stereocenters. The summed E-state index contributed by atoms with van der Waals surface area (Å²) < 4.78 is 39.0. The first-order valence-electron chi connectivity index (χ1n) is 9.20. The summed E-state index contributed by atoms with van der Waals surface area (Å²) in [6.07, 6.45) is -4.35. The first-order chi connectivity index (χ1) is 13.3. The molecule has 0 radical (unpaired) electrons. The molecule has 0 saturated carbocycles. The Morgan fingerprint density at radius 3 is 2.18 bits per heavy atom. The molecular weight excluding hydrogens is 367 g/mol. The third-order valence-corrected chi connectivity index (χ3v) is 5.01. The molecule has 2 aromatic carbocycles. The minimum Gasteiger partial charge on any atom is -0.369 e. The van der Waals surface area contributed by atoms with Crippen molar-refractivity contribution >= 4 is 11.6 Å². The van der Waals surface area contributed by atoms with Gasteiger partial charge in [0.2, 0.25) is 5.91 Å². The second-order valence-electron chi connectivity index (χ2n) is 7.12. The van der Waals surface area contributed by atoms with Crippen molar-refractivity contribution in [3.05, 3.63) is 65.7 Å². The zero-order chi connectivity index (χ0) is 20.3. The highest BCUT2D eigenvalue weighted by molar-refractivity contribution is 5.83. The molecule has 0 aromatic heterocycles. The number of benzene rings is 2. The van der Waals surface area contributed by atoms with Crippen molar-refractivity contribution in [3.8, 4) is 0 Å². The normalized spacial score (nSPS) is 16.7. The molecule has 0 aliphatic carbocycles. The Hall–Kier alpha value is -2.54. The Morgan fingerprint density at radius 1 is 0.964 bits per heavy atom. The van der Waals surface area contributed by atoms with Gasteiger partial charge in [0, 0.05) is 46.0 Å². The van der Waals surface area contributed by atoms with Crippen LogP contribution in [0.25, 0.3) is 0 Å². The molecule has 0 unspecified atom stereocenters. The lowest BCUT2D eigenvalue weighted by Gasteiger charge is -2.40. The molecule has 1 aliphatic heterocycles. The quantitative estimate of drug-likeness (QED) is 0.796. The highest BCUT2D eigenvalue weighted by Crippen LogP contribution is 2.32. The van der Waals surface area contributed by atoms with Crippen molar-refractivity contribution < 1.29 is 18.0 Å². The molecule has 1 amide bonds. The number of carbonyl (C=O) groups is 1. The van der Waals surface area contributed by atoms with E-state index >= 15 is 0 Å². The summed E-state index contributed by atoms with van der Waals surface area (Å²) in [5.41, 5.74) is 0.843. The first kappa shape index (κ1) is 20.2. The summed E-state index contributed by atoms with van der Waals surface area (Å²) in [5, 5.41) is 0. The minimum atomic E-state index is -4.35. The predicted octanol–water partition coefficient (Wildman–Crippen LogP) is 3.66. The number of anilines is 1. The molecular formula is C21H24F3N3O. The van der Waals surface area contributed by atoms with Crippen molar-refractivity contribution in [1.29, 1.82) is 0 Å². The van der Waals surface area contributed by atoms with Crippen LogP contribution in [0, 0.1) is 0 Å². The number of halogens is 3. The Labute approximate surface area is 163 Å². The van der Waals surface area contributed by atoms with Gasteiger partial charge in [-0.05, 0) is 23.8 Å². The van der Waals surface area contributed by atoms with Crippen LogP contribution in [-0.4, -0.2) is 56.0 Å². The maximum absolute atomic E-state index is 13.0. The smallest absolute Gasteiger partial charge is 0.369 e. The van der Waals surface area contributed by atoms with E-state index in [1.54, 1.807) is 25.1 Å². The molecule has 4 nitrogen and oxygen atoms in total. The molecule has 150 valence electrons. The summed E-state index contributed by atoms with van der Waals surface area (Å²) in [4.78, 5) is 18.4. The SMILES string of the molecule is CN(C)C(=O)[C@@H](c1ccccc1)N1CCN(c2cccc(C(F)(F)F)c2)CC1. The number of likely N-dealkylation sites (N-methyl/N-ethyl adjacent to an activating group) is 1. The van der Waals surface area contributed by atoms with Crippen LogP contribution in [0.3, 0.4) is 0 Å². The van der Waals surface area contributed by atoms with Gasteiger partial charge in [0.15, 0.2) is 0 Å². The van der Waals surface area contributed by atoms with Gasteiger partial charge in [-0.2, -0.15) is 13.2 Å². The first-order valence-corrected chi connectivity index (χ1v) is 9.20. The Morgan fingerprint density at radius 2 is 1.61 bits per heavy atom. The molecule has 1 fully saturated rings. The van der Waals surface area contributed by atoms with Gasteiger partial charge in [-0.1, -0.05) is 36.4 Å². The minimum absolute atomic E-state index is 0.00119. The standard InChI is InChI=1S/C21H24F3N3O/c1-25(2)20(28)19(16-7-4-3-5-8-16)27-13-11-26(12-14-27)18-10-6-9-17(15-18)21(22,23)24/h3-10,15,19H,11-14H2,1-2H3/t19-/m1/s1. The maximum Gasteiger partial charge on any atom is 0.416 e. The topological polar surface area (TPSA) is 26.8 Å². The number of nitrogens with zero attached hydrogens (tertiary/aromatic N) is 3. The van der Waals surface area contributed by atoms with E-state index in [1.807, 2.05) is 35.2 Å². The van der Waals surface area contributed by atoms with E-state index in [0.717, 1.165) is 11.6 Å². The molecule has 0 N–H and O–H groups in total. The van der Waals surface area contributed by atoms with E-state index in [2.05, 4.69) is 4.90 Å². The van der Waals surface area contributed by atoms with E-state index < -0.39 is 11.7 Å². The fourth-order valence-corrected chi connectivity index (χ4v) is 3.51. The van der Waals surface area contributed by atoms with E-state index in [-0.39, 0.29) is 11.9 Å². The third-order valence-electron chi connectivity index (χ3n) is 5.01. The van der Waals surface area contributed by atoms with Gasteiger partial charge in [-0.25, -0.2) is 0 Å². The molecule has 7 heteroatoms. The van der Waals surface area contributed by atoms with Gasteiger partial charge in [-0.3, -0.25) is 9.69 Å². The van der Waals surface area contributed by atoms with Crippen LogP contribution in [0.15, 0.2) is 54.6 Å². The van der Waals surface area contributed by atoms with Crippen LogP contribution in [-0.2, 0) is 11.0 Å². The average Bonchev–Trinajstić information content (AvgIpc) is 2.69. The summed E-state index contributed by atoms with van der Waals surface area (Å²) in [5.74, 6) is -0.00119. The number of piperazine rings is 1. The number of alkyl halides is 3. The summed E-state index contributed by atoms with van der Waals surface area (Å²) in [6, 6.07) is 14.6. The Kier molecular flexibility index (Phi) is 5.93. The van der Waals surface area contributed by atoms with Crippen LogP contribution in [0.2, 0.25) is 0 Å². The van der Waals surface area contributed by atoms with Crippen molar-refractivity contribution in [3.63, 3.8) is 0 Å². The highest BCUT2D eigenvalue weighted by atomic mass is 19.4. The lowest BCUT2D eigenvalue weighted by molar-refractivity contribution is -0.137. The summed E-state index contributed by atoms with van der Waals surface area (Å²) >= 11 is 0. The van der Waals surface area contributed by atoms with Gasteiger partial charge in [-0.15, -0.1) is 0 Å². The van der Waals surface area contributed by atoms with Crippen molar-refractivity contribution in [2.75, 3.05) is 45.2 Å². The number of amides is 1. The van der Waals surface area contributed by atoms with E-state index in [0.29, 0.717) is 31.9 Å². The van der Waals surface area contributed by atoms with Gasteiger partial charge in [0.05, 0.1) is 5.56 Å². The van der Waals surface area contributed by atoms with Crippen molar-refractivity contribution in [2.45, 2.75) is 12.2 Å². The Balaban J connectivity index is 1.75. The van der Waals surface area contributed by atoms with Crippen LogP contribution in [0.4, 0.5) is 18.9 Å². The fourth-order valence-electron chi connectivity index (χ4n) is 3.51. The second kappa shape index (κ2) is 8.22. The maximum atomic E-state index is 13.0. The summed E-state index contributed by atoms with van der Waals surface area (Å²) in [7, 11) is 3.47. The predicted molar refractivity (Wildman–Crippen MR) is 103 cm³/mol. The molecule has 1 aliphatic rings. The van der Waals surface area contributed by atoms with Gasteiger partial charge < -0.3 is 9.80 Å². The van der Waals surface area contributed by atoms with E-state index in [4.69, 9.17) is 0 Å².